The lowest BCUT2D eigenvalue weighted by molar-refractivity contribution is -0.903. The van der Waals surface area contributed by atoms with E-state index in [2.05, 4.69) is 5.32 Å². The topological polar surface area (TPSA) is 33.5 Å². The molecule has 5 heteroatoms. The maximum atomic E-state index is 11.6. The molecule has 0 aromatic carbocycles. The monoisotopic (exact) mass is 288 g/mol. The van der Waals surface area contributed by atoms with Crippen LogP contribution in [0.2, 0.25) is 0 Å². The second kappa shape index (κ2) is 8.51. The van der Waals surface area contributed by atoms with Crippen molar-refractivity contribution in [3.05, 3.63) is 22.4 Å². The summed E-state index contributed by atoms with van der Waals surface area (Å²) in [5.74, 6) is 0.156. The molecule has 0 radical (unpaired) electrons. The highest BCUT2D eigenvalue weighted by molar-refractivity contribution is 7.10. The number of nitrogens with one attached hydrogen (secondary N) is 2. The van der Waals surface area contributed by atoms with Crippen LogP contribution in [0.4, 0.5) is 0 Å². The van der Waals surface area contributed by atoms with Gasteiger partial charge in [0.2, 0.25) is 5.91 Å². The van der Waals surface area contributed by atoms with Gasteiger partial charge in [0.05, 0.1) is 32.6 Å². The third-order valence-electron chi connectivity index (χ3n) is 3.28. The number of hydrogen-bond acceptors (Lipinski definition) is 2. The molecule has 1 fully saturated rings. The summed E-state index contributed by atoms with van der Waals surface area (Å²) < 4.78 is 0. The van der Waals surface area contributed by atoms with Crippen LogP contribution >= 0.6 is 11.3 Å². The molecule has 2 rings (SSSR count). The average molecular weight is 289 g/mol. The van der Waals surface area contributed by atoms with Gasteiger partial charge in [-0.3, -0.25) is 4.79 Å². The second-order valence-electron chi connectivity index (χ2n) is 4.67. The number of hydrogen-bond donors (Lipinski definition) is 2. The van der Waals surface area contributed by atoms with Crippen LogP contribution in [-0.4, -0.2) is 32.1 Å². The van der Waals surface area contributed by atoms with Gasteiger partial charge in [0.25, 0.3) is 0 Å². The Labute approximate surface area is 119 Å². The fraction of sp³-hybridized carbons (Fsp3) is 0.615. The van der Waals surface area contributed by atoms with Crippen LogP contribution in [0.25, 0.3) is 0 Å². The standard InChI is InChI=1S/C13H20N2OS.ClH/c16-13(11-12-5-4-10-17-12)14-6-9-15-7-2-1-3-8-15;/h4-5,10H,1-3,6-9,11H2,(H,14,16);1H. The minimum absolute atomic E-state index is 0. The third-order valence-corrected chi connectivity index (χ3v) is 4.15. The number of thiophene rings is 1. The minimum atomic E-state index is 0. The summed E-state index contributed by atoms with van der Waals surface area (Å²) in [5.41, 5.74) is 0. The van der Waals surface area contributed by atoms with Crippen molar-refractivity contribution in [3.63, 3.8) is 0 Å². The summed E-state index contributed by atoms with van der Waals surface area (Å²) in [4.78, 5) is 14.4. The number of likely N-dealkylation sites (tertiary alicyclic amines) is 1. The number of carbonyl (C=O) groups excluding carboxylic acids is 1. The van der Waals surface area contributed by atoms with Crippen molar-refractivity contribution in [3.8, 4) is 0 Å². The van der Waals surface area contributed by atoms with Gasteiger partial charge in [0.15, 0.2) is 0 Å². The van der Waals surface area contributed by atoms with E-state index in [-0.39, 0.29) is 18.3 Å². The first-order valence-electron chi connectivity index (χ1n) is 6.47. The maximum Gasteiger partial charge on any atom is 0.225 e. The molecule has 0 atom stereocenters. The molecule has 0 unspecified atom stereocenters. The van der Waals surface area contributed by atoms with Crippen LogP contribution in [0.3, 0.4) is 0 Å². The predicted octanol–water partition coefficient (Wildman–Crippen LogP) is -2.52. The molecular formula is C13H21ClN2OS. The predicted molar refractivity (Wildman–Crippen MR) is 70.4 cm³/mol. The SMILES string of the molecule is O=C(Cc1cccs1)NCC[NH+]1CCCCC1.[Cl-]. The molecule has 102 valence electrons. The maximum absolute atomic E-state index is 11.6. The zero-order chi connectivity index (χ0) is 11.9. The lowest BCUT2D eigenvalue weighted by Gasteiger charge is -2.23. The Balaban J connectivity index is 0.00000162. The van der Waals surface area contributed by atoms with E-state index in [0.717, 1.165) is 18.0 Å². The van der Waals surface area contributed by atoms with Crippen LogP contribution in [0, 0.1) is 0 Å². The van der Waals surface area contributed by atoms with Gasteiger partial charge < -0.3 is 22.6 Å². The van der Waals surface area contributed by atoms with Gasteiger partial charge in [0, 0.05) is 4.88 Å². The number of piperidine rings is 1. The van der Waals surface area contributed by atoms with Crippen LogP contribution in [0.5, 0.6) is 0 Å². The van der Waals surface area contributed by atoms with Crippen molar-refractivity contribution < 1.29 is 22.1 Å². The van der Waals surface area contributed by atoms with Gasteiger partial charge in [-0.2, -0.15) is 0 Å². The number of carbonyl (C=O) groups is 1. The quantitative estimate of drug-likeness (QED) is 0.616. The van der Waals surface area contributed by atoms with Crippen LogP contribution in [0.15, 0.2) is 17.5 Å². The first kappa shape index (κ1) is 15.5. The molecule has 1 amide bonds. The Bertz CT molecular complexity index is 337. The first-order valence-corrected chi connectivity index (χ1v) is 7.35. The van der Waals surface area contributed by atoms with Crippen LogP contribution < -0.4 is 22.6 Å². The molecule has 1 aromatic rings. The lowest BCUT2D eigenvalue weighted by atomic mass is 10.1. The highest BCUT2D eigenvalue weighted by Gasteiger charge is 2.13. The first-order chi connectivity index (χ1) is 8.34. The van der Waals surface area contributed by atoms with E-state index in [0.29, 0.717) is 6.42 Å². The Kier molecular flexibility index (Phi) is 7.32. The zero-order valence-electron chi connectivity index (χ0n) is 10.6. The van der Waals surface area contributed by atoms with Crippen molar-refractivity contribution in [1.82, 2.24) is 5.32 Å². The molecule has 0 bridgehead atoms. The fourth-order valence-electron chi connectivity index (χ4n) is 2.31. The number of quaternary nitrogens is 1. The van der Waals surface area contributed by atoms with Gasteiger partial charge in [-0.15, -0.1) is 11.3 Å². The molecule has 2 heterocycles. The van der Waals surface area contributed by atoms with Crippen molar-refractivity contribution >= 4 is 17.2 Å². The Morgan fingerprint density at radius 3 is 2.78 bits per heavy atom. The molecule has 0 saturated carbocycles. The Hall–Kier alpha value is -0.580. The average Bonchev–Trinajstić information content (AvgIpc) is 2.83. The Morgan fingerprint density at radius 2 is 2.11 bits per heavy atom. The van der Waals surface area contributed by atoms with Crippen LogP contribution in [0.1, 0.15) is 24.1 Å². The summed E-state index contributed by atoms with van der Waals surface area (Å²) in [5, 5.41) is 5.03. The van der Waals surface area contributed by atoms with Gasteiger partial charge in [-0.05, 0) is 30.7 Å². The molecule has 3 nitrogen and oxygen atoms in total. The molecule has 2 N–H and O–H groups in total. The van der Waals surface area contributed by atoms with Crippen molar-refractivity contribution in [1.29, 1.82) is 0 Å². The molecule has 1 aliphatic rings. The second-order valence-corrected chi connectivity index (χ2v) is 5.70. The number of rotatable bonds is 5. The molecular weight excluding hydrogens is 268 g/mol. The van der Waals surface area contributed by atoms with E-state index in [4.69, 9.17) is 0 Å². The summed E-state index contributed by atoms with van der Waals surface area (Å²) in [6.07, 6.45) is 4.61. The number of halogens is 1. The molecule has 0 aliphatic carbocycles. The smallest absolute Gasteiger partial charge is 0.225 e. The van der Waals surface area contributed by atoms with E-state index in [1.807, 2.05) is 17.5 Å². The normalized spacial score (nSPS) is 16.0. The summed E-state index contributed by atoms with van der Waals surface area (Å²) in [6.45, 7) is 4.46. The molecule has 1 aliphatic heterocycles. The van der Waals surface area contributed by atoms with Gasteiger partial charge >= 0.3 is 0 Å². The summed E-state index contributed by atoms with van der Waals surface area (Å²) in [7, 11) is 0. The van der Waals surface area contributed by atoms with E-state index in [1.165, 1.54) is 32.4 Å². The van der Waals surface area contributed by atoms with Gasteiger partial charge in [-0.1, -0.05) is 6.07 Å². The van der Waals surface area contributed by atoms with Crippen molar-refractivity contribution in [2.45, 2.75) is 25.7 Å². The highest BCUT2D eigenvalue weighted by atomic mass is 35.5. The van der Waals surface area contributed by atoms with Crippen molar-refractivity contribution in [2.75, 3.05) is 26.2 Å². The Morgan fingerprint density at radius 1 is 1.33 bits per heavy atom. The van der Waals surface area contributed by atoms with E-state index in [9.17, 15) is 4.79 Å². The van der Waals surface area contributed by atoms with Gasteiger partial charge in [-0.25, -0.2) is 0 Å². The summed E-state index contributed by atoms with van der Waals surface area (Å²) >= 11 is 1.65. The van der Waals surface area contributed by atoms with E-state index < -0.39 is 0 Å². The van der Waals surface area contributed by atoms with Crippen molar-refractivity contribution in [2.24, 2.45) is 0 Å². The summed E-state index contributed by atoms with van der Waals surface area (Å²) in [6, 6.07) is 4.01. The highest BCUT2D eigenvalue weighted by Crippen LogP contribution is 2.08. The fourth-order valence-corrected chi connectivity index (χ4v) is 3.02. The molecule has 18 heavy (non-hydrogen) atoms. The van der Waals surface area contributed by atoms with Gasteiger partial charge in [0.1, 0.15) is 0 Å². The zero-order valence-corrected chi connectivity index (χ0v) is 12.2. The largest absolute Gasteiger partial charge is 1.00 e. The minimum Gasteiger partial charge on any atom is -1.00 e. The van der Waals surface area contributed by atoms with Crippen LogP contribution in [-0.2, 0) is 11.2 Å². The molecule has 0 spiro atoms. The van der Waals surface area contributed by atoms with E-state index >= 15 is 0 Å². The number of amides is 1. The molecule has 1 aromatic heterocycles. The van der Waals surface area contributed by atoms with E-state index in [1.54, 1.807) is 16.2 Å². The third kappa shape index (κ3) is 5.38. The lowest BCUT2D eigenvalue weighted by Crippen LogP contribution is -3.13. The molecule has 1 saturated heterocycles.